The first-order valence-corrected chi connectivity index (χ1v) is 6.73. The molecule has 0 saturated carbocycles. The Labute approximate surface area is 122 Å². The first-order valence-electron chi connectivity index (χ1n) is 6.73. The van der Waals surface area contributed by atoms with Gasteiger partial charge in [0.15, 0.2) is 7.28 Å². The largest absolute Gasteiger partial charge is 0.497 e. The van der Waals surface area contributed by atoms with Gasteiger partial charge >= 0.3 is 6.09 Å². The third-order valence-corrected chi connectivity index (χ3v) is 2.80. The predicted molar refractivity (Wildman–Crippen MR) is 82.0 cm³/mol. The van der Waals surface area contributed by atoms with E-state index >= 15 is 0 Å². The molecule has 5 heteroatoms. The van der Waals surface area contributed by atoms with Crippen LogP contribution in [-0.2, 0) is 4.74 Å². The summed E-state index contributed by atoms with van der Waals surface area (Å²) in [6.07, 6.45) is -0.421. The van der Waals surface area contributed by atoms with E-state index in [1.54, 1.807) is 7.11 Å². The van der Waals surface area contributed by atoms with Crippen LogP contribution in [0.3, 0.4) is 0 Å². The van der Waals surface area contributed by atoms with Gasteiger partial charge in [0.05, 0.1) is 13.2 Å². The van der Waals surface area contributed by atoms with Crippen molar-refractivity contribution in [1.82, 2.24) is 5.32 Å². The molecule has 1 aromatic carbocycles. The van der Waals surface area contributed by atoms with Crippen LogP contribution >= 0.6 is 0 Å². The lowest BCUT2D eigenvalue weighted by molar-refractivity contribution is 0.0508. The summed E-state index contributed by atoms with van der Waals surface area (Å²) in [6.45, 7) is 9.39. The number of ether oxygens (including phenoxy) is 2. The fourth-order valence-electron chi connectivity index (χ4n) is 1.80. The Hall–Kier alpha value is -1.65. The van der Waals surface area contributed by atoms with E-state index in [-0.39, 0.29) is 6.04 Å². The third-order valence-electron chi connectivity index (χ3n) is 2.80. The van der Waals surface area contributed by atoms with Crippen molar-refractivity contribution in [2.75, 3.05) is 7.11 Å². The van der Waals surface area contributed by atoms with Crippen LogP contribution in [-0.4, -0.2) is 26.1 Å². The molecule has 0 aliphatic heterocycles. The standard InChI is InChI=1S/C15H23BNO3/c1-10(17-14(18)20-15(2,3)4)11-7-8-12(16-5)13(9-11)19-6/h7-10H,1-6H3,(H,17,18)/t10-/m1/s1. The molecule has 1 amide bonds. The summed E-state index contributed by atoms with van der Waals surface area (Å²) >= 11 is 0. The molecule has 1 aromatic rings. The van der Waals surface area contributed by atoms with E-state index in [1.165, 1.54) is 0 Å². The second kappa shape index (κ2) is 6.68. The lowest BCUT2D eigenvalue weighted by Crippen LogP contribution is -2.34. The van der Waals surface area contributed by atoms with Crippen molar-refractivity contribution < 1.29 is 14.3 Å². The van der Waals surface area contributed by atoms with E-state index in [0.717, 1.165) is 16.8 Å². The van der Waals surface area contributed by atoms with Gasteiger partial charge in [-0.2, -0.15) is 0 Å². The number of nitrogens with one attached hydrogen (secondary N) is 1. The minimum atomic E-state index is -0.497. The number of carbonyl (C=O) groups excluding carboxylic acids is 1. The van der Waals surface area contributed by atoms with Crippen molar-refractivity contribution in [3.05, 3.63) is 23.8 Å². The van der Waals surface area contributed by atoms with Gasteiger partial charge < -0.3 is 14.8 Å². The average molecular weight is 276 g/mol. The van der Waals surface area contributed by atoms with Crippen molar-refractivity contribution >= 4 is 18.8 Å². The Bertz CT molecular complexity index is 469. The lowest BCUT2D eigenvalue weighted by Gasteiger charge is -2.22. The maximum absolute atomic E-state index is 11.7. The molecular weight excluding hydrogens is 253 g/mol. The van der Waals surface area contributed by atoms with Crippen molar-refractivity contribution in [2.45, 2.75) is 46.2 Å². The summed E-state index contributed by atoms with van der Waals surface area (Å²) in [5, 5.41) is 2.81. The Kier molecular flexibility index (Phi) is 5.48. The van der Waals surface area contributed by atoms with E-state index in [4.69, 9.17) is 9.47 Å². The van der Waals surface area contributed by atoms with E-state index in [1.807, 2.05) is 60.0 Å². The topological polar surface area (TPSA) is 47.6 Å². The van der Waals surface area contributed by atoms with Crippen LogP contribution < -0.4 is 15.5 Å². The van der Waals surface area contributed by atoms with Crippen LogP contribution in [0.4, 0.5) is 4.79 Å². The van der Waals surface area contributed by atoms with Gasteiger partial charge in [0.25, 0.3) is 0 Å². The summed E-state index contributed by atoms with van der Waals surface area (Å²) in [5.41, 5.74) is 1.50. The first-order chi connectivity index (χ1) is 9.26. The second-order valence-electron chi connectivity index (χ2n) is 5.66. The quantitative estimate of drug-likeness (QED) is 0.860. The van der Waals surface area contributed by atoms with Gasteiger partial charge in [-0.15, -0.1) is 0 Å². The van der Waals surface area contributed by atoms with Crippen LogP contribution in [0.5, 0.6) is 5.75 Å². The molecule has 0 saturated heterocycles. The van der Waals surface area contributed by atoms with E-state index < -0.39 is 11.7 Å². The molecule has 0 aliphatic carbocycles. The summed E-state index contributed by atoms with van der Waals surface area (Å²) in [7, 11) is 3.62. The van der Waals surface area contributed by atoms with E-state index in [9.17, 15) is 4.79 Å². The van der Waals surface area contributed by atoms with Gasteiger partial charge in [-0.3, -0.25) is 0 Å². The molecule has 0 unspecified atom stereocenters. The van der Waals surface area contributed by atoms with Gasteiger partial charge in [-0.05, 0) is 44.8 Å². The molecule has 0 aliphatic rings. The summed E-state index contributed by atoms with van der Waals surface area (Å²) in [6, 6.07) is 5.73. The first kappa shape index (κ1) is 16.4. The maximum atomic E-state index is 11.7. The molecule has 1 radical (unpaired) electrons. The zero-order valence-corrected chi connectivity index (χ0v) is 13.1. The highest BCUT2D eigenvalue weighted by Crippen LogP contribution is 2.18. The molecule has 1 atom stereocenters. The van der Waals surface area contributed by atoms with Crippen molar-refractivity contribution in [2.24, 2.45) is 0 Å². The predicted octanol–water partition coefficient (Wildman–Crippen LogP) is 2.66. The number of rotatable bonds is 4. The smallest absolute Gasteiger partial charge is 0.408 e. The summed E-state index contributed by atoms with van der Waals surface area (Å²) in [4.78, 5) is 11.7. The minimum Gasteiger partial charge on any atom is -0.497 e. The van der Waals surface area contributed by atoms with Gasteiger partial charge in [0, 0.05) is 0 Å². The number of carbonyl (C=O) groups is 1. The highest BCUT2D eigenvalue weighted by atomic mass is 16.6. The fraction of sp³-hybridized carbons (Fsp3) is 0.533. The number of hydrogen-bond acceptors (Lipinski definition) is 3. The Balaban J connectivity index is 2.77. The fourth-order valence-corrected chi connectivity index (χ4v) is 1.80. The van der Waals surface area contributed by atoms with Crippen molar-refractivity contribution in [3.8, 4) is 5.75 Å². The zero-order valence-electron chi connectivity index (χ0n) is 13.1. The molecule has 0 bridgehead atoms. The molecular formula is C15H23BNO3. The van der Waals surface area contributed by atoms with Gasteiger partial charge in [-0.25, -0.2) is 4.79 Å². The van der Waals surface area contributed by atoms with Gasteiger partial charge in [-0.1, -0.05) is 19.0 Å². The number of amides is 1. The number of methoxy groups -OCH3 is 1. The van der Waals surface area contributed by atoms with Crippen molar-refractivity contribution in [1.29, 1.82) is 0 Å². The monoisotopic (exact) mass is 276 g/mol. The molecule has 1 N–H and O–H groups in total. The summed E-state index contributed by atoms with van der Waals surface area (Å²) < 4.78 is 10.6. The normalized spacial score (nSPS) is 12.5. The third kappa shape index (κ3) is 4.80. The molecule has 0 heterocycles. The SMILES string of the molecule is C[B]c1ccc([C@@H](C)NC(=O)OC(C)(C)C)cc1OC. The highest BCUT2D eigenvalue weighted by Gasteiger charge is 2.18. The number of benzene rings is 1. The highest BCUT2D eigenvalue weighted by molar-refractivity contribution is 6.53. The van der Waals surface area contributed by atoms with E-state index in [0.29, 0.717) is 0 Å². The molecule has 20 heavy (non-hydrogen) atoms. The van der Waals surface area contributed by atoms with Gasteiger partial charge in [0.2, 0.25) is 0 Å². The zero-order chi connectivity index (χ0) is 15.3. The van der Waals surface area contributed by atoms with Gasteiger partial charge in [0.1, 0.15) is 11.4 Å². The Morgan fingerprint density at radius 1 is 1.35 bits per heavy atom. The summed E-state index contributed by atoms with van der Waals surface area (Å²) in [5.74, 6) is 0.794. The second-order valence-corrected chi connectivity index (χ2v) is 5.66. The Morgan fingerprint density at radius 2 is 2.00 bits per heavy atom. The molecule has 109 valence electrons. The van der Waals surface area contributed by atoms with Crippen molar-refractivity contribution in [3.63, 3.8) is 0 Å². The molecule has 1 rings (SSSR count). The van der Waals surface area contributed by atoms with Crippen LogP contribution in [0.1, 0.15) is 39.3 Å². The average Bonchev–Trinajstić information content (AvgIpc) is 2.35. The number of hydrogen-bond donors (Lipinski definition) is 1. The van der Waals surface area contributed by atoms with Crippen LogP contribution in [0.25, 0.3) is 0 Å². The van der Waals surface area contributed by atoms with Crippen LogP contribution in [0.15, 0.2) is 18.2 Å². The molecule has 0 fully saturated rings. The molecule has 0 spiro atoms. The maximum Gasteiger partial charge on any atom is 0.408 e. The van der Waals surface area contributed by atoms with Crippen LogP contribution in [0, 0.1) is 0 Å². The van der Waals surface area contributed by atoms with E-state index in [2.05, 4.69) is 5.32 Å². The number of alkyl carbamates (subject to hydrolysis) is 1. The van der Waals surface area contributed by atoms with Crippen LogP contribution in [0.2, 0.25) is 6.82 Å². The molecule has 0 aromatic heterocycles. The Morgan fingerprint density at radius 3 is 2.50 bits per heavy atom. The molecule has 4 nitrogen and oxygen atoms in total. The minimum absolute atomic E-state index is 0.148. The lowest BCUT2D eigenvalue weighted by atomic mass is 9.72.